The van der Waals surface area contributed by atoms with Crippen molar-refractivity contribution in [3.05, 3.63) is 60.2 Å². The Labute approximate surface area is 181 Å². The fraction of sp³-hybridized carbons (Fsp3) is 0.320. The van der Waals surface area contributed by atoms with Crippen molar-refractivity contribution in [2.24, 2.45) is 5.92 Å². The molecule has 162 valence electrons. The highest BCUT2D eigenvalue weighted by atomic mass is 16.4. The first kappa shape index (κ1) is 22.3. The van der Waals surface area contributed by atoms with Gasteiger partial charge in [0.05, 0.1) is 0 Å². The number of nitrogens with one attached hydrogen (secondary N) is 2. The lowest BCUT2D eigenvalue weighted by Crippen LogP contribution is -2.52. The minimum Gasteiger partial charge on any atom is -0.480 e. The first-order valence-corrected chi connectivity index (χ1v) is 10.5. The van der Waals surface area contributed by atoms with Gasteiger partial charge in [0.2, 0.25) is 11.8 Å². The number of amides is 2. The van der Waals surface area contributed by atoms with Gasteiger partial charge in [-0.15, -0.1) is 0 Å². The molecule has 0 aliphatic heterocycles. The van der Waals surface area contributed by atoms with Crippen LogP contribution in [-0.4, -0.2) is 35.0 Å². The Balaban J connectivity index is 1.96. The van der Waals surface area contributed by atoms with Crippen molar-refractivity contribution in [1.29, 1.82) is 0 Å². The van der Waals surface area contributed by atoms with Gasteiger partial charge < -0.3 is 15.7 Å². The molecule has 0 heterocycles. The molecule has 0 fully saturated rings. The number of aliphatic carboxylic acids is 1. The van der Waals surface area contributed by atoms with Gasteiger partial charge in [0, 0.05) is 13.3 Å². The van der Waals surface area contributed by atoms with E-state index in [1.165, 1.54) is 6.92 Å². The van der Waals surface area contributed by atoms with E-state index >= 15 is 0 Å². The van der Waals surface area contributed by atoms with Crippen LogP contribution >= 0.6 is 0 Å². The van der Waals surface area contributed by atoms with Gasteiger partial charge in [-0.25, -0.2) is 4.79 Å². The minimum absolute atomic E-state index is 0.136. The molecule has 3 aromatic carbocycles. The SMILES string of the molecule is CC(=O)N[C@@H](CC(C)C)C(=O)N[C@H](Cc1c2ccccc2cc2ccccc12)C(=O)O. The van der Waals surface area contributed by atoms with Crippen LogP contribution in [0.5, 0.6) is 0 Å². The number of hydrogen-bond acceptors (Lipinski definition) is 3. The van der Waals surface area contributed by atoms with Crippen LogP contribution in [0.1, 0.15) is 32.8 Å². The summed E-state index contributed by atoms with van der Waals surface area (Å²) in [6.45, 7) is 5.23. The first-order valence-electron chi connectivity index (χ1n) is 10.5. The van der Waals surface area contributed by atoms with E-state index in [1.54, 1.807) is 0 Å². The third-order valence-electron chi connectivity index (χ3n) is 5.31. The highest BCUT2D eigenvalue weighted by Gasteiger charge is 2.27. The van der Waals surface area contributed by atoms with Crippen LogP contribution in [0.25, 0.3) is 21.5 Å². The van der Waals surface area contributed by atoms with Crippen molar-refractivity contribution in [2.45, 2.75) is 45.7 Å². The Hall–Kier alpha value is -3.41. The van der Waals surface area contributed by atoms with Crippen LogP contribution in [0.3, 0.4) is 0 Å². The van der Waals surface area contributed by atoms with Crippen molar-refractivity contribution in [2.75, 3.05) is 0 Å². The number of carbonyl (C=O) groups excluding carboxylic acids is 2. The number of fused-ring (bicyclic) bond motifs is 2. The van der Waals surface area contributed by atoms with Crippen molar-refractivity contribution < 1.29 is 19.5 Å². The second-order valence-corrected chi connectivity index (χ2v) is 8.28. The zero-order valence-corrected chi connectivity index (χ0v) is 18.0. The normalized spacial score (nSPS) is 13.2. The fourth-order valence-electron chi connectivity index (χ4n) is 3.95. The van der Waals surface area contributed by atoms with Crippen LogP contribution in [0.2, 0.25) is 0 Å². The topological polar surface area (TPSA) is 95.5 Å². The second kappa shape index (κ2) is 9.60. The summed E-state index contributed by atoms with van der Waals surface area (Å²) in [6, 6.07) is 15.8. The third kappa shape index (κ3) is 5.40. The van der Waals surface area contributed by atoms with E-state index in [1.807, 2.05) is 62.4 Å². The van der Waals surface area contributed by atoms with E-state index in [9.17, 15) is 19.5 Å². The van der Waals surface area contributed by atoms with Crippen molar-refractivity contribution in [3.8, 4) is 0 Å². The summed E-state index contributed by atoms with van der Waals surface area (Å²) in [6.07, 6.45) is 0.562. The number of hydrogen-bond donors (Lipinski definition) is 3. The monoisotopic (exact) mass is 420 g/mol. The highest BCUT2D eigenvalue weighted by Crippen LogP contribution is 2.29. The third-order valence-corrected chi connectivity index (χ3v) is 5.31. The highest BCUT2D eigenvalue weighted by molar-refractivity contribution is 6.02. The lowest BCUT2D eigenvalue weighted by Gasteiger charge is -2.23. The van der Waals surface area contributed by atoms with Gasteiger partial charge >= 0.3 is 5.97 Å². The van der Waals surface area contributed by atoms with Crippen molar-refractivity contribution >= 4 is 39.3 Å². The predicted molar refractivity (Wildman–Crippen MR) is 122 cm³/mol. The summed E-state index contributed by atoms with van der Waals surface area (Å²) in [5, 5.41) is 19.1. The lowest BCUT2D eigenvalue weighted by atomic mass is 9.92. The molecule has 31 heavy (non-hydrogen) atoms. The maximum Gasteiger partial charge on any atom is 0.326 e. The average molecular weight is 421 g/mol. The molecule has 0 saturated carbocycles. The molecule has 0 saturated heterocycles. The van der Waals surface area contributed by atoms with Gasteiger partial charge in [-0.3, -0.25) is 9.59 Å². The van der Waals surface area contributed by atoms with Gasteiger partial charge in [0.25, 0.3) is 0 Å². The van der Waals surface area contributed by atoms with E-state index in [0.717, 1.165) is 27.1 Å². The molecule has 6 heteroatoms. The zero-order chi connectivity index (χ0) is 22.5. The van der Waals surface area contributed by atoms with Crippen LogP contribution < -0.4 is 10.6 Å². The average Bonchev–Trinajstić information content (AvgIpc) is 2.71. The van der Waals surface area contributed by atoms with Gasteiger partial charge in [0.15, 0.2) is 0 Å². The van der Waals surface area contributed by atoms with Gasteiger partial charge in [-0.1, -0.05) is 62.4 Å². The smallest absolute Gasteiger partial charge is 0.326 e. The van der Waals surface area contributed by atoms with E-state index in [4.69, 9.17) is 0 Å². The Morgan fingerprint density at radius 2 is 1.42 bits per heavy atom. The Bertz CT molecular complexity index is 1070. The van der Waals surface area contributed by atoms with Gasteiger partial charge in [-0.05, 0) is 45.5 Å². The Morgan fingerprint density at radius 1 is 0.871 bits per heavy atom. The molecule has 6 nitrogen and oxygen atoms in total. The quantitative estimate of drug-likeness (QED) is 0.485. The summed E-state index contributed by atoms with van der Waals surface area (Å²) < 4.78 is 0. The predicted octanol–water partition coefficient (Wildman–Crippen LogP) is 3.66. The molecule has 0 unspecified atom stereocenters. The summed E-state index contributed by atoms with van der Waals surface area (Å²) in [5.41, 5.74) is 0.876. The molecule has 3 N–H and O–H groups in total. The molecule has 0 radical (unpaired) electrons. The standard InChI is InChI=1S/C25H28N2O4/c1-15(2)12-22(26-16(3)28)24(29)27-23(25(30)31)14-21-19-10-6-4-8-17(19)13-18-9-5-7-11-20(18)21/h4-11,13,15,22-23H,12,14H2,1-3H3,(H,26,28)(H,27,29)(H,30,31)/t22-,23+/m0/s1. The van der Waals surface area contributed by atoms with Gasteiger partial charge in [0.1, 0.15) is 12.1 Å². The number of rotatable bonds is 8. The fourth-order valence-corrected chi connectivity index (χ4v) is 3.95. The largest absolute Gasteiger partial charge is 0.480 e. The Morgan fingerprint density at radius 3 is 1.90 bits per heavy atom. The number of benzene rings is 3. The molecular formula is C25H28N2O4. The summed E-state index contributed by atoms with van der Waals surface area (Å²) >= 11 is 0. The molecule has 0 spiro atoms. The lowest BCUT2D eigenvalue weighted by molar-refractivity contribution is -0.142. The van der Waals surface area contributed by atoms with Crippen LogP contribution in [0.4, 0.5) is 0 Å². The van der Waals surface area contributed by atoms with Crippen molar-refractivity contribution in [3.63, 3.8) is 0 Å². The maximum absolute atomic E-state index is 12.9. The Kier molecular flexibility index (Phi) is 6.90. The summed E-state index contributed by atoms with van der Waals surface area (Å²) in [5.74, 6) is -1.77. The van der Waals surface area contributed by atoms with Crippen molar-refractivity contribution in [1.82, 2.24) is 10.6 Å². The zero-order valence-electron chi connectivity index (χ0n) is 18.0. The van der Waals surface area contributed by atoms with E-state index < -0.39 is 24.0 Å². The van der Waals surface area contributed by atoms with Crippen LogP contribution in [-0.2, 0) is 20.8 Å². The molecule has 0 aliphatic carbocycles. The molecule has 0 bridgehead atoms. The molecule has 0 aromatic heterocycles. The maximum atomic E-state index is 12.9. The van der Waals surface area contributed by atoms with E-state index in [2.05, 4.69) is 16.7 Å². The van der Waals surface area contributed by atoms with Crippen LogP contribution in [0, 0.1) is 5.92 Å². The first-order chi connectivity index (χ1) is 14.8. The molecular weight excluding hydrogens is 392 g/mol. The number of carboxylic acids is 1. The summed E-state index contributed by atoms with van der Waals surface area (Å²) in [4.78, 5) is 36.5. The minimum atomic E-state index is -1.12. The van der Waals surface area contributed by atoms with Crippen LogP contribution in [0.15, 0.2) is 54.6 Å². The van der Waals surface area contributed by atoms with E-state index in [0.29, 0.717) is 6.42 Å². The molecule has 3 aromatic rings. The molecule has 2 amide bonds. The molecule has 2 atom stereocenters. The molecule has 0 aliphatic rings. The van der Waals surface area contributed by atoms with E-state index in [-0.39, 0.29) is 18.2 Å². The second-order valence-electron chi connectivity index (χ2n) is 8.28. The molecule has 3 rings (SSSR count). The summed E-state index contributed by atoms with van der Waals surface area (Å²) in [7, 11) is 0. The number of carbonyl (C=O) groups is 3. The number of carboxylic acid groups (broad SMARTS) is 1. The van der Waals surface area contributed by atoms with Gasteiger partial charge in [-0.2, -0.15) is 0 Å².